The molecule has 4 N–H and O–H groups in total. The molecular formula is C12H13NO9. The molecule has 22 heavy (non-hydrogen) atoms. The Hall–Kier alpha value is -2.27. The Morgan fingerprint density at radius 3 is 2.23 bits per heavy atom. The van der Waals surface area contributed by atoms with Crippen molar-refractivity contribution in [1.29, 1.82) is 0 Å². The Kier molecular flexibility index (Phi) is 4.56. The molecule has 10 heteroatoms. The molecule has 0 saturated carbocycles. The van der Waals surface area contributed by atoms with Crippen LogP contribution in [0.2, 0.25) is 0 Å². The summed E-state index contributed by atoms with van der Waals surface area (Å²) in [7, 11) is 0. The van der Waals surface area contributed by atoms with Crippen molar-refractivity contribution in [2.24, 2.45) is 0 Å². The van der Waals surface area contributed by atoms with Crippen LogP contribution < -0.4 is 4.74 Å². The number of non-ortho nitro benzene ring substituents is 1. The van der Waals surface area contributed by atoms with Gasteiger partial charge in [-0.05, 0) is 12.1 Å². The lowest BCUT2D eigenvalue weighted by Gasteiger charge is -2.38. The third kappa shape index (κ3) is 3.14. The minimum Gasteiger partial charge on any atom is -0.479 e. The summed E-state index contributed by atoms with van der Waals surface area (Å²) in [5.41, 5.74) is -0.184. The van der Waals surface area contributed by atoms with E-state index in [0.717, 1.165) is 12.1 Å². The van der Waals surface area contributed by atoms with E-state index in [-0.39, 0.29) is 11.4 Å². The van der Waals surface area contributed by atoms with Gasteiger partial charge in [0.15, 0.2) is 6.10 Å². The summed E-state index contributed by atoms with van der Waals surface area (Å²) >= 11 is 0. The highest BCUT2D eigenvalue weighted by molar-refractivity contribution is 5.73. The number of benzene rings is 1. The lowest BCUT2D eigenvalue weighted by atomic mass is 9.99. The fourth-order valence-corrected chi connectivity index (χ4v) is 1.93. The maximum absolute atomic E-state index is 10.9. The van der Waals surface area contributed by atoms with Crippen molar-refractivity contribution in [2.75, 3.05) is 0 Å². The van der Waals surface area contributed by atoms with Crippen LogP contribution in [-0.2, 0) is 9.53 Å². The van der Waals surface area contributed by atoms with Gasteiger partial charge in [-0.15, -0.1) is 0 Å². The first kappa shape index (κ1) is 16.1. The molecule has 0 amide bonds. The summed E-state index contributed by atoms with van der Waals surface area (Å²) in [6, 6.07) is 4.73. The van der Waals surface area contributed by atoms with E-state index < -0.39 is 41.6 Å². The van der Waals surface area contributed by atoms with Crippen molar-refractivity contribution in [1.82, 2.24) is 0 Å². The van der Waals surface area contributed by atoms with Gasteiger partial charge in [0.05, 0.1) is 4.92 Å². The molecule has 1 aromatic rings. The number of ether oxygens (including phenoxy) is 2. The molecule has 120 valence electrons. The predicted octanol–water partition coefficient (Wildman–Crippen LogP) is -1.13. The van der Waals surface area contributed by atoms with Crippen LogP contribution in [-0.4, -0.2) is 62.0 Å². The van der Waals surface area contributed by atoms with Crippen LogP contribution in [0.3, 0.4) is 0 Å². The van der Waals surface area contributed by atoms with Gasteiger partial charge in [0.1, 0.15) is 24.1 Å². The zero-order chi connectivity index (χ0) is 16.4. The second kappa shape index (κ2) is 6.23. The van der Waals surface area contributed by atoms with Gasteiger partial charge >= 0.3 is 5.97 Å². The van der Waals surface area contributed by atoms with Crippen LogP contribution in [0.1, 0.15) is 0 Å². The van der Waals surface area contributed by atoms with Crippen LogP contribution in [0.15, 0.2) is 24.3 Å². The number of carboxylic acids is 1. The topological polar surface area (TPSA) is 160 Å². The SMILES string of the molecule is O=C(O)C1O[C@@H](Oc2ccc([N+](=O)[O-])cc2)C(O)[C@H](O)[C@@H]1O. The molecule has 2 rings (SSSR count). The Bertz CT molecular complexity index is 560. The molecule has 0 spiro atoms. The number of nitro groups is 1. The van der Waals surface area contributed by atoms with Crippen molar-refractivity contribution in [2.45, 2.75) is 30.7 Å². The number of carboxylic acid groups (broad SMARTS) is 1. The minimum absolute atomic E-state index is 0.0578. The van der Waals surface area contributed by atoms with E-state index in [1.165, 1.54) is 12.1 Å². The first-order chi connectivity index (χ1) is 10.3. The minimum atomic E-state index is -1.82. The first-order valence-corrected chi connectivity index (χ1v) is 6.15. The van der Waals surface area contributed by atoms with E-state index >= 15 is 0 Å². The van der Waals surface area contributed by atoms with E-state index in [1.807, 2.05) is 0 Å². The third-order valence-electron chi connectivity index (χ3n) is 3.11. The van der Waals surface area contributed by atoms with Gasteiger partial charge in [-0.3, -0.25) is 10.1 Å². The Morgan fingerprint density at radius 2 is 1.73 bits per heavy atom. The molecule has 1 fully saturated rings. The molecule has 1 saturated heterocycles. The lowest BCUT2D eigenvalue weighted by Crippen LogP contribution is -2.61. The van der Waals surface area contributed by atoms with Crippen molar-refractivity contribution >= 4 is 11.7 Å². The number of aliphatic hydroxyl groups is 3. The number of nitro benzene ring substituents is 1. The zero-order valence-electron chi connectivity index (χ0n) is 11.0. The number of hydrogen-bond acceptors (Lipinski definition) is 8. The molecule has 2 unspecified atom stereocenters. The summed E-state index contributed by atoms with van der Waals surface area (Å²) in [6.45, 7) is 0. The van der Waals surface area contributed by atoms with E-state index in [4.69, 9.17) is 14.6 Å². The third-order valence-corrected chi connectivity index (χ3v) is 3.11. The molecule has 0 aromatic heterocycles. The fourth-order valence-electron chi connectivity index (χ4n) is 1.93. The van der Waals surface area contributed by atoms with Crippen LogP contribution in [0, 0.1) is 10.1 Å². The largest absolute Gasteiger partial charge is 0.479 e. The highest BCUT2D eigenvalue weighted by Gasteiger charge is 2.48. The van der Waals surface area contributed by atoms with Crippen molar-refractivity contribution in [3.63, 3.8) is 0 Å². The maximum atomic E-state index is 10.9. The van der Waals surface area contributed by atoms with Gasteiger partial charge in [0.2, 0.25) is 6.29 Å². The lowest BCUT2D eigenvalue weighted by molar-refractivity contribution is -0.384. The van der Waals surface area contributed by atoms with Crippen molar-refractivity contribution in [3.05, 3.63) is 34.4 Å². The fraction of sp³-hybridized carbons (Fsp3) is 0.417. The van der Waals surface area contributed by atoms with Crippen LogP contribution >= 0.6 is 0 Å². The molecule has 1 heterocycles. The molecule has 1 aromatic carbocycles. The van der Waals surface area contributed by atoms with Gasteiger partial charge in [-0.25, -0.2) is 4.79 Å². The van der Waals surface area contributed by atoms with Gasteiger partial charge in [-0.2, -0.15) is 0 Å². The number of hydrogen-bond donors (Lipinski definition) is 4. The highest BCUT2D eigenvalue weighted by atomic mass is 16.7. The number of carbonyl (C=O) groups is 1. The van der Waals surface area contributed by atoms with E-state index in [0.29, 0.717) is 0 Å². The number of aliphatic hydroxyl groups excluding tert-OH is 3. The van der Waals surface area contributed by atoms with Gasteiger partial charge in [-0.1, -0.05) is 0 Å². The summed E-state index contributed by atoms with van der Waals surface area (Å²) in [5, 5.41) is 48.3. The van der Waals surface area contributed by atoms with Crippen molar-refractivity contribution in [3.8, 4) is 5.75 Å². The van der Waals surface area contributed by atoms with Crippen molar-refractivity contribution < 1.29 is 39.6 Å². The first-order valence-electron chi connectivity index (χ1n) is 6.15. The standard InChI is InChI=1S/C12H13NO9/c14-7-8(15)10(11(17)18)22-12(9(7)16)21-6-3-1-5(2-4-6)13(19)20/h1-4,7-10,12,14-16H,(H,17,18)/t7-,8+,9?,10?,12-/m1/s1. The second-order valence-corrected chi connectivity index (χ2v) is 4.60. The smallest absolute Gasteiger partial charge is 0.335 e. The zero-order valence-corrected chi connectivity index (χ0v) is 11.0. The Balaban J connectivity index is 2.13. The molecule has 1 aliphatic rings. The predicted molar refractivity (Wildman–Crippen MR) is 68.0 cm³/mol. The van der Waals surface area contributed by atoms with E-state index in [9.17, 15) is 30.2 Å². The molecule has 10 nitrogen and oxygen atoms in total. The average molecular weight is 315 g/mol. The molecule has 5 atom stereocenters. The molecule has 0 aliphatic carbocycles. The number of nitrogens with zero attached hydrogens (tertiary/aromatic N) is 1. The van der Waals surface area contributed by atoms with Gasteiger partial charge < -0.3 is 29.9 Å². The van der Waals surface area contributed by atoms with Gasteiger partial charge in [0, 0.05) is 12.1 Å². The molecule has 0 radical (unpaired) electrons. The normalized spacial score (nSPS) is 31.5. The highest BCUT2D eigenvalue weighted by Crippen LogP contribution is 2.25. The summed E-state index contributed by atoms with van der Waals surface area (Å²) in [6.07, 6.45) is -8.62. The maximum Gasteiger partial charge on any atom is 0.335 e. The quantitative estimate of drug-likeness (QED) is 0.398. The van der Waals surface area contributed by atoms with E-state index in [2.05, 4.69) is 0 Å². The van der Waals surface area contributed by atoms with Crippen LogP contribution in [0.4, 0.5) is 5.69 Å². The number of rotatable bonds is 4. The number of aliphatic carboxylic acids is 1. The van der Waals surface area contributed by atoms with Gasteiger partial charge in [0.25, 0.3) is 5.69 Å². The average Bonchev–Trinajstić information content (AvgIpc) is 2.48. The monoisotopic (exact) mass is 315 g/mol. The van der Waals surface area contributed by atoms with Crippen LogP contribution in [0.5, 0.6) is 5.75 Å². The van der Waals surface area contributed by atoms with Crippen LogP contribution in [0.25, 0.3) is 0 Å². The Morgan fingerprint density at radius 1 is 1.14 bits per heavy atom. The second-order valence-electron chi connectivity index (χ2n) is 4.60. The molecular weight excluding hydrogens is 302 g/mol. The van der Waals surface area contributed by atoms with E-state index in [1.54, 1.807) is 0 Å². The molecule has 0 bridgehead atoms. The summed E-state index contributed by atoms with van der Waals surface area (Å²) in [5.74, 6) is -1.47. The summed E-state index contributed by atoms with van der Waals surface area (Å²) < 4.78 is 10.1. The molecule has 1 aliphatic heterocycles. The summed E-state index contributed by atoms with van der Waals surface area (Å²) in [4.78, 5) is 20.8. The Labute approximate surface area is 123 Å².